The van der Waals surface area contributed by atoms with Gasteiger partial charge in [0.25, 0.3) is 0 Å². The van der Waals surface area contributed by atoms with Crippen molar-refractivity contribution in [2.75, 3.05) is 0 Å². The number of amidine groups is 1. The van der Waals surface area contributed by atoms with Crippen LogP contribution in [0.1, 0.15) is 47.3 Å². The van der Waals surface area contributed by atoms with Crippen molar-refractivity contribution in [3.05, 3.63) is 259 Å². The van der Waals surface area contributed by atoms with Gasteiger partial charge in [-0.2, -0.15) is 0 Å². The molecule has 0 fully saturated rings. The van der Waals surface area contributed by atoms with E-state index in [0.29, 0.717) is 5.84 Å². The van der Waals surface area contributed by atoms with Crippen molar-refractivity contribution < 1.29 is 13.3 Å². The molecule has 5 heterocycles. The fourth-order valence-corrected chi connectivity index (χ4v) is 12.2. The number of fused-ring (bicyclic) bond motifs is 12. The van der Waals surface area contributed by atoms with Gasteiger partial charge in [-0.05, 0) is 119 Å². The Bertz CT molecular complexity index is 4880. The Morgan fingerprint density at radius 1 is 0.385 bits per heavy atom. The summed E-state index contributed by atoms with van der Waals surface area (Å²) in [4.78, 5) is 10.8. The summed E-state index contributed by atoms with van der Waals surface area (Å²) in [5.41, 5.74) is 20.7. The number of nitrogens with zero attached hydrogens (tertiary/aromatic N) is 3. The van der Waals surface area contributed by atoms with Gasteiger partial charge in [0, 0.05) is 72.1 Å². The van der Waals surface area contributed by atoms with Crippen molar-refractivity contribution in [3.8, 4) is 39.1 Å². The van der Waals surface area contributed by atoms with Crippen molar-refractivity contribution in [1.82, 2.24) is 4.57 Å². The summed E-state index contributed by atoms with van der Waals surface area (Å²) in [6.07, 6.45) is 10.2. The van der Waals surface area contributed by atoms with Crippen molar-refractivity contribution in [3.63, 3.8) is 0 Å². The molecule has 6 heteroatoms. The lowest BCUT2D eigenvalue weighted by molar-refractivity contribution is 0.546. The minimum atomic E-state index is 0.677. The van der Waals surface area contributed by atoms with Crippen LogP contribution in [0.4, 0.5) is 0 Å². The van der Waals surface area contributed by atoms with Crippen LogP contribution in [0.3, 0.4) is 0 Å². The molecule has 0 radical (unpaired) electrons. The Kier molecular flexibility index (Phi) is 10.1. The Morgan fingerprint density at radius 3 is 1.96 bits per heavy atom. The zero-order valence-corrected chi connectivity index (χ0v) is 42.4. The molecule has 14 aromatic rings. The van der Waals surface area contributed by atoms with E-state index >= 15 is 0 Å². The minimum Gasteiger partial charge on any atom is -0.460 e. The molecule has 0 unspecified atom stereocenters. The second-order valence-electron chi connectivity index (χ2n) is 20.6. The lowest BCUT2D eigenvalue weighted by Crippen LogP contribution is -2.09. The molecular weight excluding hydrogens is 955 g/mol. The van der Waals surface area contributed by atoms with E-state index in [-0.39, 0.29) is 0 Å². The van der Waals surface area contributed by atoms with Crippen LogP contribution in [0.2, 0.25) is 0 Å². The van der Waals surface area contributed by atoms with Gasteiger partial charge in [0.15, 0.2) is 5.84 Å². The largest absolute Gasteiger partial charge is 0.460 e. The molecule has 4 aromatic heterocycles. The van der Waals surface area contributed by atoms with E-state index in [4.69, 9.17) is 23.2 Å². The van der Waals surface area contributed by atoms with Crippen LogP contribution in [0, 0.1) is 0 Å². The third-order valence-electron chi connectivity index (χ3n) is 16.0. The number of aryl methyl sites for hydroxylation is 1. The van der Waals surface area contributed by atoms with E-state index in [1.807, 2.05) is 18.2 Å². The molecule has 1 aliphatic heterocycles. The smallest absolute Gasteiger partial charge is 0.160 e. The molecule has 10 aromatic carbocycles. The first-order chi connectivity index (χ1) is 38.6. The highest BCUT2D eigenvalue weighted by Gasteiger charge is 2.21. The average molecular weight is 1000 g/mol. The molecule has 0 N–H and O–H groups in total. The van der Waals surface area contributed by atoms with Crippen molar-refractivity contribution in [2.24, 2.45) is 9.98 Å². The summed E-state index contributed by atoms with van der Waals surface area (Å²) in [7, 11) is 0. The maximum atomic E-state index is 6.63. The summed E-state index contributed by atoms with van der Waals surface area (Å²) < 4.78 is 21.7. The summed E-state index contributed by atoms with van der Waals surface area (Å²) in [5.74, 6) is 1.76. The summed E-state index contributed by atoms with van der Waals surface area (Å²) >= 11 is 0. The molecule has 1 aliphatic carbocycles. The highest BCUT2D eigenvalue weighted by molar-refractivity contribution is 6.17. The third kappa shape index (κ3) is 7.25. The monoisotopic (exact) mass is 1000 g/mol. The second-order valence-corrected chi connectivity index (χ2v) is 20.6. The van der Waals surface area contributed by atoms with Gasteiger partial charge >= 0.3 is 0 Å². The topological polar surface area (TPSA) is 69.1 Å². The minimum absolute atomic E-state index is 0.677. The lowest BCUT2D eigenvalue weighted by atomic mass is 9.97. The molecule has 0 saturated carbocycles. The maximum Gasteiger partial charge on any atom is 0.160 e. The third-order valence-corrected chi connectivity index (χ3v) is 16.0. The normalized spacial score (nSPS) is 15.9. The van der Waals surface area contributed by atoms with E-state index in [0.717, 1.165) is 159 Å². The Morgan fingerprint density at radius 2 is 1.06 bits per heavy atom. The van der Waals surface area contributed by atoms with Crippen LogP contribution < -0.4 is 0 Å². The average Bonchev–Trinajstić information content (AvgIpc) is 4.47. The summed E-state index contributed by atoms with van der Waals surface area (Å²) in [5, 5.41) is 7.92. The standard InChI is InChI=1S/C72H47N3O3/c1-2-13-47(14-3-1)72-73-61(46-29-27-44(28-30-46)50-33-38-56-54-16-5-8-24-65(54)77-69(56)43-50)21-12-22-62(74-72)58-20-11-26-68-70(58)60-42-49(35-40-67(60)76-68)48-34-39-64-59(41-48)53-15-4-7-23-63(53)75(64)51-36-31-45(32-37-51)52-18-10-19-57-55-17-6-9-25-66(55)78-71(52)57/h1-7,9-11,13-20,22-23,25-43H,8,12,21,24H2/b62-22-,73-61+,74-72-. The number of hydrogen-bond acceptors (Lipinski definition) is 5. The first-order valence-electron chi connectivity index (χ1n) is 26.9. The Hall–Kier alpha value is -10.0. The zero-order valence-electron chi connectivity index (χ0n) is 42.4. The molecule has 0 amide bonds. The van der Waals surface area contributed by atoms with E-state index in [2.05, 4.69) is 223 Å². The first-order valence-corrected chi connectivity index (χ1v) is 26.9. The van der Waals surface area contributed by atoms with E-state index < -0.39 is 0 Å². The van der Waals surface area contributed by atoms with Crippen LogP contribution in [-0.2, 0) is 6.42 Å². The summed E-state index contributed by atoms with van der Waals surface area (Å²) in [6, 6.07) is 77.7. The highest BCUT2D eigenvalue weighted by atomic mass is 16.3. The van der Waals surface area contributed by atoms with Gasteiger partial charge in [0.1, 0.15) is 33.7 Å². The number of furan rings is 3. The number of allylic oxidation sites excluding steroid dienone is 2. The van der Waals surface area contributed by atoms with Crippen LogP contribution in [-0.4, -0.2) is 16.1 Å². The van der Waals surface area contributed by atoms with Gasteiger partial charge < -0.3 is 17.8 Å². The fourth-order valence-electron chi connectivity index (χ4n) is 12.2. The Labute approximate surface area is 448 Å². The van der Waals surface area contributed by atoms with Crippen molar-refractivity contribution in [2.45, 2.75) is 25.7 Å². The highest BCUT2D eigenvalue weighted by Crippen LogP contribution is 2.42. The molecular formula is C72H47N3O3. The second kappa shape index (κ2) is 17.8. The molecule has 78 heavy (non-hydrogen) atoms. The van der Waals surface area contributed by atoms with E-state index in [1.165, 1.54) is 21.7 Å². The van der Waals surface area contributed by atoms with Crippen LogP contribution in [0.25, 0.3) is 127 Å². The van der Waals surface area contributed by atoms with Crippen molar-refractivity contribution >= 4 is 100.0 Å². The summed E-state index contributed by atoms with van der Waals surface area (Å²) in [6.45, 7) is 0. The molecule has 0 spiro atoms. The number of aromatic nitrogens is 1. The van der Waals surface area contributed by atoms with Gasteiger partial charge in [-0.1, -0.05) is 170 Å². The quantitative estimate of drug-likeness (QED) is 0.160. The number of aliphatic imine (C=N–C) groups is 2. The molecule has 6 nitrogen and oxygen atoms in total. The molecule has 0 atom stereocenters. The van der Waals surface area contributed by atoms with Crippen LogP contribution in [0.15, 0.2) is 254 Å². The van der Waals surface area contributed by atoms with Gasteiger partial charge in [0.2, 0.25) is 0 Å². The lowest BCUT2D eigenvalue weighted by Gasteiger charge is -2.14. The number of hydrogen-bond donors (Lipinski definition) is 0. The molecule has 2 aliphatic rings. The van der Waals surface area contributed by atoms with Gasteiger partial charge in [-0.25, -0.2) is 9.98 Å². The van der Waals surface area contributed by atoms with Crippen molar-refractivity contribution in [1.29, 1.82) is 0 Å². The SMILES string of the molecule is C1=Cc2c(oc3cc(-c4ccc(/C5=N/C(c6ccccc6)=N\C(c6cccc7oc8ccc(-c9ccc%10c(c9)c9ccccc9n%10-c9ccc(-c%10cccc%11c%10oc%10ccccc%10%11)cc9)cc8c67)=C/CC5)cc4)ccc23)CC1. The number of rotatable bonds is 7. The number of para-hydroxylation sites is 3. The van der Waals surface area contributed by atoms with Gasteiger partial charge in [-0.3, -0.25) is 0 Å². The molecule has 0 saturated heterocycles. The zero-order chi connectivity index (χ0) is 51.3. The molecule has 16 rings (SSSR count). The molecule has 368 valence electrons. The van der Waals surface area contributed by atoms with Crippen LogP contribution in [0.5, 0.6) is 0 Å². The molecule has 0 bridgehead atoms. The fraction of sp³-hybridized carbons (Fsp3) is 0.0556. The van der Waals surface area contributed by atoms with E-state index in [1.54, 1.807) is 0 Å². The first kappa shape index (κ1) is 44.3. The van der Waals surface area contributed by atoms with E-state index in [9.17, 15) is 0 Å². The van der Waals surface area contributed by atoms with Gasteiger partial charge in [0.05, 0.1) is 22.4 Å². The predicted octanol–water partition coefficient (Wildman–Crippen LogP) is 19.4. The van der Waals surface area contributed by atoms with Crippen LogP contribution >= 0.6 is 0 Å². The van der Waals surface area contributed by atoms with Gasteiger partial charge in [-0.15, -0.1) is 0 Å². The number of benzene rings is 10. The maximum absolute atomic E-state index is 6.63. The predicted molar refractivity (Wildman–Crippen MR) is 322 cm³/mol. The Balaban J connectivity index is 0.742.